The van der Waals surface area contributed by atoms with Gasteiger partial charge in [0, 0.05) is 43.8 Å². The molecule has 1 unspecified atom stereocenters. The van der Waals surface area contributed by atoms with Gasteiger partial charge in [0.25, 0.3) is 5.91 Å². The number of piperazine rings is 1. The highest BCUT2D eigenvalue weighted by Gasteiger charge is 2.37. The summed E-state index contributed by atoms with van der Waals surface area (Å²) in [6.07, 6.45) is 10.0. The summed E-state index contributed by atoms with van der Waals surface area (Å²) < 4.78 is 0. The molecule has 186 valence electrons. The van der Waals surface area contributed by atoms with Crippen molar-refractivity contribution in [2.75, 3.05) is 39.3 Å². The van der Waals surface area contributed by atoms with E-state index in [1.807, 2.05) is 59.5 Å². The Morgan fingerprint density at radius 2 is 1.69 bits per heavy atom. The first-order valence-electron chi connectivity index (χ1n) is 13.1. The molecule has 4 nitrogen and oxygen atoms in total. The van der Waals surface area contributed by atoms with Gasteiger partial charge >= 0.3 is 0 Å². The van der Waals surface area contributed by atoms with Crippen LogP contribution in [0.15, 0.2) is 59.5 Å². The highest BCUT2D eigenvalue weighted by atomic mass is 35.5. The second-order valence-electron chi connectivity index (χ2n) is 9.97. The Labute approximate surface area is 219 Å². The van der Waals surface area contributed by atoms with Gasteiger partial charge in [-0.3, -0.25) is 9.69 Å². The van der Waals surface area contributed by atoms with E-state index in [-0.39, 0.29) is 11.3 Å². The molecule has 5 rings (SSSR count). The van der Waals surface area contributed by atoms with Crippen molar-refractivity contribution < 1.29 is 4.79 Å². The Balaban J connectivity index is 1.20. The summed E-state index contributed by atoms with van der Waals surface area (Å²) >= 11 is 7.95. The number of hydrogen-bond donors (Lipinski definition) is 0. The van der Waals surface area contributed by atoms with Gasteiger partial charge < -0.3 is 9.80 Å². The highest BCUT2D eigenvalue weighted by molar-refractivity contribution is 8.04. The molecule has 6 heteroatoms. The first kappa shape index (κ1) is 24.9. The van der Waals surface area contributed by atoms with E-state index in [9.17, 15) is 4.79 Å². The van der Waals surface area contributed by atoms with E-state index in [0.29, 0.717) is 5.02 Å². The van der Waals surface area contributed by atoms with Crippen LogP contribution in [0, 0.1) is 0 Å². The van der Waals surface area contributed by atoms with Gasteiger partial charge in [-0.2, -0.15) is 0 Å². The van der Waals surface area contributed by atoms with Crippen molar-refractivity contribution in [3.8, 4) is 0 Å². The van der Waals surface area contributed by atoms with Crippen molar-refractivity contribution in [3.05, 3.63) is 75.7 Å². The second-order valence-corrected chi connectivity index (χ2v) is 11.5. The lowest BCUT2D eigenvalue weighted by molar-refractivity contribution is -0.126. The van der Waals surface area contributed by atoms with E-state index in [1.165, 1.54) is 45.2 Å². The number of nitrogens with zero attached hydrogens (tertiary/aromatic N) is 3. The Morgan fingerprint density at radius 3 is 2.43 bits per heavy atom. The van der Waals surface area contributed by atoms with E-state index in [4.69, 9.17) is 11.6 Å². The van der Waals surface area contributed by atoms with Crippen LogP contribution >= 0.6 is 23.4 Å². The van der Waals surface area contributed by atoms with Crippen molar-refractivity contribution in [2.45, 2.75) is 49.9 Å². The van der Waals surface area contributed by atoms with Crippen LogP contribution in [0.4, 0.5) is 0 Å². The summed E-state index contributed by atoms with van der Waals surface area (Å²) in [5.74, 6) is 0.131. The van der Waals surface area contributed by atoms with Crippen molar-refractivity contribution in [1.82, 2.24) is 14.7 Å². The summed E-state index contributed by atoms with van der Waals surface area (Å²) in [4.78, 5) is 21.6. The number of benzene rings is 2. The van der Waals surface area contributed by atoms with Gasteiger partial charge in [0.1, 0.15) is 5.37 Å². The van der Waals surface area contributed by atoms with Crippen LogP contribution in [0.1, 0.15) is 55.0 Å². The van der Waals surface area contributed by atoms with Crippen LogP contribution in [0.5, 0.6) is 0 Å². The molecule has 0 bridgehead atoms. The zero-order chi connectivity index (χ0) is 24.0. The molecule has 3 aliphatic rings. The fourth-order valence-electron chi connectivity index (χ4n) is 5.67. The zero-order valence-electron chi connectivity index (χ0n) is 20.4. The topological polar surface area (TPSA) is 26.8 Å². The van der Waals surface area contributed by atoms with Crippen molar-refractivity contribution in [2.24, 2.45) is 0 Å². The Hall–Kier alpha value is -1.79. The monoisotopic (exact) mass is 509 g/mol. The van der Waals surface area contributed by atoms with E-state index in [0.717, 1.165) is 54.7 Å². The standard InChI is InChI=1S/C29H36ClN3OS/c30-25-12-7-11-24(22-25)29-33(28(34)27(35-29)21-23-9-3-1-4-10-23)16-8-15-31-17-19-32(20-18-31)26-13-5-2-6-14-26/h1,3-4,7,9-12,21-22,26,29H,2,5-6,8,13-20H2. The molecule has 2 aromatic carbocycles. The lowest BCUT2D eigenvalue weighted by atomic mass is 9.94. The zero-order valence-corrected chi connectivity index (χ0v) is 22.0. The molecule has 3 fully saturated rings. The fourth-order valence-corrected chi connectivity index (χ4v) is 7.14. The summed E-state index contributed by atoms with van der Waals surface area (Å²) in [6, 6.07) is 18.9. The Morgan fingerprint density at radius 1 is 0.914 bits per heavy atom. The number of amides is 1. The minimum absolute atomic E-state index is 0.0284. The minimum Gasteiger partial charge on any atom is -0.322 e. The maximum absolute atomic E-state index is 13.5. The van der Waals surface area contributed by atoms with Crippen molar-refractivity contribution in [1.29, 1.82) is 0 Å². The predicted molar refractivity (Wildman–Crippen MR) is 147 cm³/mol. The van der Waals surface area contributed by atoms with Crippen LogP contribution < -0.4 is 0 Å². The second kappa shape index (κ2) is 12.0. The third kappa shape index (κ3) is 6.32. The number of thioether (sulfide) groups is 1. The lowest BCUT2D eigenvalue weighted by Crippen LogP contribution is -2.51. The van der Waals surface area contributed by atoms with Gasteiger partial charge in [-0.15, -0.1) is 0 Å². The third-order valence-corrected chi connectivity index (χ3v) is 9.13. The number of halogens is 1. The van der Waals surface area contributed by atoms with Gasteiger partial charge in [0.05, 0.1) is 4.91 Å². The molecule has 0 N–H and O–H groups in total. The summed E-state index contributed by atoms with van der Waals surface area (Å²) in [5, 5.41) is 0.686. The van der Waals surface area contributed by atoms with E-state index >= 15 is 0 Å². The third-order valence-electron chi connectivity index (χ3n) is 7.60. The highest BCUT2D eigenvalue weighted by Crippen LogP contribution is 2.46. The maximum Gasteiger partial charge on any atom is 0.261 e. The largest absolute Gasteiger partial charge is 0.322 e. The molecule has 1 aliphatic carbocycles. The molecule has 2 heterocycles. The molecule has 0 spiro atoms. The molecular weight excluding hydrogens is 474 g/mol. The Kier molecular flexibility index (Phi) is 8.51. The SMILES string of the molecule is O=C1C(=Cc2ccccc2)SC(c2cccc(Cl)c2)N1CCCN1CCN(C2CCCCC2)CC1. The molecule has 0 radical (unpaired) electrons. The van der Waals surface area contributed by atoms with E-state index in [1.54, 1.807) is 11.8 Å². The smallest absolute Gasteiger partial charge is 0.261 e. The van der Waals surface area contributed by atoms with Gasteiger partial charge in [0.2, 0.25) is 0 Å². The van der Waals surface area contributed by atoms with Crippen LogP contribution in [0.2, 0.25) is 5.02 Å². The lowest BCUT2D eigenvalue weighted by Gasteiger charge is -2.41. The molecule has 1 saturated carbocycles. The molecule has 2 aromatic rings. The molecule has 35 heavy (non-hydrogen) atoms. The Bertz CT molecular complexity index is 1020. The molecule has 1 atom stereocenters. The van der Waals surface area contributed by atoms with Crippen LogP contribution in [0.3, 0.4) is 0 Å². The average Bonchev–Trinajstić information content (AvgIpc) is 3.20. The number of carbonyl (C=O) groups excluding carboxylic acids is 1. The number of rotatable bonds is 7. The summed E-state index contributed by atoms with van der Waals surface area (Å²) in [5.41, 5.74) is 2.15. The van der Waals surface area contributed by atoms with E-state index in [2.05, 4.69) is 15.9 Å². The number of hydrogen-bond acceptors (Lipinski definition) is 4. The summed E-state index contributed by atoms with van der Waals surface area (Å²) in [6.45, 7) is 6.49. The number of carbonyl (C=O) groups is 1. The van der Waals surface area contributed by atoms with E-state index < -0.39 is 0 Å². The van der Waals surface area contributed by atoms with Crippen molar-refractivity contribution in [3.63, 3.8) is 0 Å². The fraction of sp³-hybridized carbons (Fsp3) is 0.483. The van der Waals surface area contributed by atoms with Crippen LogP contribution in [-0.2, 0) is 4.79 Å². The van der Waals surface area contributed by atoms with Gasteiger partial charge in [-0.25, -0.2) is 0 Å². The van der Waals surface area contributed by atoms with Gasteiger partial charge in [0.15, 0.2) is 0 Å². The molecule has 2 aliphatic heterocycles. The van der Waals surface area contributed by atoms with Crippen LogP contribution in [-0.4, -0.2) is 65.9 Å². The summed E-state index contributed by atoms with van der Waals surface area (Å²) in [7, 11) is 0. The average molecular weight is 510 g/mol. The molecular formula is C29H36ClN3OS. The van der Waals surface area contributed by atoms with Crippen LogP contribution in [0.25, 0.3) is 6.08 Å². The first-order chi connectivity index (χ1) is 17.2. The predicted octanol–water partition coefficient (Wildman–Crippen LogP) is 6.30. The molecule has 0 aromatic heterocycles. The normalized spacial score (nSPS) is 23.9. The minimum atomic E-state index is -0.0284. The van der Waals surface area contributed by atoms with Gasteiger partial charge in [-0.1, -0.05) is 85.1 Å². The maximum atomic E-state index is 13.5. The quantitative estimate of drug-likeness (QED) is 0.409. The van der Waals surface area contributed by atoms with Gasteiger partial charge in [-0.05, 0) is 55.1 Å². The molecule has 2 saturated heterocycles. The first-order valence-corrected chi connectivity index (χ1v) is 14.4. The molecule has 1 amide bonds. The van der Waals surface area contributed by atoms with Crippen molar-refractivity contribution >= 4 is 35.3 Å².